The molecule has 144 valence electrons. The Hall–Kier alpha value is -2.19. The first-order chi connectivity index (χ1) is 12.8. The van der Waals surface area contributed by atoms with Crippen LogP contribution in [0.4, 0.5) is 0 Å². The van der Waals surface area contributed by atoms with Crippen molar-refractivity contribution in [1.29, 1.82) is 0 Å². The zero-order valence-corrected chi connectivity index (χ0v) is 16.3. The summed E-state index contributed by atoms with van der Waals surface area (Å²) >= 11 is 5.97. The molecule has 7 nitrogen and oxygen atoms in total. The Labute approximate surface area is 162 Å². The van der Waals surface area contributed by atoms with E-state index in [-0.39, 0.29) is 28.3 Å². The predicted molar refractivity (Wildman–Crippen MR) is 101 cm³/mol. The molecule has 9 heteroatoms. The molecule has 0 N–H and O–H groups in total. The third-order valence-electron chi connectivity index (χ3n) is 4.54. The predicted octanol–water partition coefficient (Wildman–Crippen LogP) is 2.08. The van der Waals surface area contributed by atoms with Crippen LogP contribution in [-0.2, 0) is 19.4 Å². The van der Waals surface area contributed by atoms with Crippen LogP contribution in [0.1, 0.15) is 23.7 Å². The van der Waals surface area contributed by atoms with Gasteiger partial charge < -0.3 is 9.64 Å². The van der Waals surface area contributed by atoms with Gasteiger partial charge in [0, 0.05) is 18.0 Å². The largest absolute Gasteiger partial charge is 0.452 e. The minimum atomic E-state index is -3.11. The van der Waals surface area contributed by atoms with Crippen molar-refractivity contribution in [3.05, 3.63) is 41.0 Å². The molecular weight excluding hydrogens is 392 g/mol. The van der Waals surface area contributed by atoms with Gasteiger partial charge in [0.2, 0.25) is 0 Å². The molecule has 0 aliphatic carbocycles. The number of carbonyl (C=O) groups excluding carboxylic acids is 2. The van der Waals surface area contributed by atoms with Gasteiger partial charge in [0.05, 0.1) is 22.6 Å². The number of nitrogens with zero attached hydrogens (tertiary/aromatic N) is 2. The highest BCUT2D eigenvalue weighted by atomic mass is 35.5. The summed E-state index contributed by atoms with van der Waals surface area (Å²) in [6.45, 7) is 1.65. The lowest BCUT2D eigenvalue weighted by molar-refractivity contribution is -0.136. The van der Waals surface area contributed by atoms with Crippen LogP contribution in [0.3, 0.4) is 0 Å². The van der Waals surface area contributed by atoms with Crippen LogP contribution in [0.5, 0.6) is 0 Å². The van der Waals surface area contributed by atoms with Crippen molar-refractivity contribution in [2.24, 2.45) is 0 Å². The molecule has 2 aromatic rings. The molecule has 1 fully saturated rings. The highest BCUT2D eigenvalue weighted by Gasteiger charge is 2.34. The van der Waals surface area contributed by atoms with E-state index >= 15 is 0 Å². The summed E-state index contributed by atoms with van der Waals surface area (Å²) in [5, 5.41) is 0.729. The van der Waals surface area contributed by atoms with Crippen molar-refractivity contribution >= 4 is 44.2 Å². The van der Waals surface area contributed by atoms with Gasteiger partial charge >= 0.3 is 5.97 Å². The third kappa shape index (κ3) is 4.39. The van der Waals surface area contributed by atoms with Crippen LogP contribution in [0, 0.1) is 0 Å². The smallest absolute Gasteiger partial charge is 0.339 e. The Morgan fingerprint density at radius 2 is 2.07 bits per heavy atom. The molecule has 1 aliphatic rings. The molecule has 1 aliphatic heterocycles. The molecule has 0 bridgehead atoms. The molecule has 3 rings (SSSR count). The minimum Gasteiger partial charge on any atom is -0.452 e. The van der Waals surface area contributed by atoms with E-state index in [2.05, 4.69) is 4.98 Å². The summed E-state index contributed by atoms with van der Waals surface area (Å²) in [5.74, 6) is -1.08. The maximum absolute atomic E-state index is 12.5. The van der Waals surface area contributed by atoms with Crippen molar-refractivity contribution in [2.75, 3.05) is 24.7 Å². The van der Waals surface area contributed by atoms with Crippen molar-refractivity contribution < 1.29 is 22.7 Å². The maximum Gasteiger partial charge on any atom is 0.339 e. The number of sulfone groups is 1. The van der Waals surface area contributed by atoms with E-state index in [4.69, 9.17) is 16.3 Å². The number of pyridine rings is 1. The number of carbonyl (C=O) groups is 2. The Kier molecular flexibility index (Phi) is 5.67. The first kappa shape index (κ1) is 19.6. The van der Waals surface area contributed by atoms with Gasteiger partial charge in [0.25, 0.3) is 5.91 Å². The van der Waals surface area contributed by atoms with Crippen LogP contribution in [0.15, 0.2) is 30.3 Å². The lowest BCUT2D eigenvalue weighted by Gasteiger charge is -2.26. The highest BCUT2D eigenvalue weighted by molar-refractivity contribution is 7.91. The fourth-order valence-electron chi connectivity index (χ4n) is 3.26. The van der Waals surface area contributed by atoms with Crippen molar-refractivity contribution in [2.45, 2.75) is 19.4 Å². The number of aromatic nitrogens is 1. The van der Waals surface area contributed by atoms with Gasteiger partial charge in [0.15, 0.2) is 16.4 Å². The number of hydrogen-bond acceptors (Lipinski definition) is 6. The Balaban J connectivity index is 1.71. The molecule has 1 aromatic heterocycles. The molecule has 0 radical (unpaired) electrons. The number of esters is 1. The van der Waals surface area contributed by atoms with Gasteiger partial charge in [-0.1, -0.05) is 29.8 Å². The number of hydrogen-bond donors (Lipinski definition) is 0. The van der Waals surface area contributed by atoms with Gasteiger partial charge in [0.1, 0.15) is 5.15 Å². The lowest BCUT2D eigenvalue weighted by Crippen LogP contribution is -2.43. The van der Waals surface area contributed by atoms with Gasteiger partial charge in [-0.25, -0.2) is 18.2 Å². The fourth-order valence-corrected chi connectivity index (χ4v) is 5.19. The molecule has 0 unspecified atom stereocenters. The van der Waals surface area contributed by atoms with Gasteiger partial charge in [-0.05, 0) is 25.5 Å². The van der Waals surface area contributed by atoms with Crippen molar-refractivity contribution in [3.63, 3.8) is 0 Å². The molecule has 27 heavy (non-hydrogen) atoms. The molecule has 1 amide bonds. The number of amides is 1. The summed E-state index contributed by atoms with van der Waals surface area (Å²) in [6.07, 6.45) is 0.403. The van der Waals surface area contributed by atoms with Crippen LogP contribution >= 0.6 is 11.6 Å². The molecular formula is C18H19ClN2O5S. The minimum absolute atomic E-state index is 0.0505. The van der Waals surface area contributed by atoms with Crippen molar-refractivity contribution in [1.82, 2.24) is 9.88 Å². The summed E-state index contributed by atoms with van der Waals surface area (Å²) < 4.78 is 28.5. The quantitative estimate of drug-likeness (QED) is 0.553. The van der Waals surface area contributed by atoms with E-state index in [0.717, 1.165) is 0 Å². The zero-order chi connectivity index (χ0) is 19.6. The van der Waals surface area contributed by atoms with Crippen LogP contribution < -0.4 is 0 Å². The molecule has 1 aromatic carbocycles. The molecule has 0 spiro atoms. The lowest BCUT2D eigenvalue weighted by atomic mass is 10.1. The standard InChI is InChI=1S/C18H19ClN2O5S/c1-2-21(12-7-8-27(24,25)11-12)17(22)10-26-18(23)14-9-16(19)20-15-6-4-3-5-13(14)15/h3-6,9,12H,2,7-8,10-11H2,1H3/t12-/m1/s1. The first-order valence-corrected chi connectivity index (χ1v) is 10.7. The SMILES string of the molecule is CCN(C(=O)COC(=O)c1cc(Cl)nc2ccccc12)[C@@H]1CCS(=O)(=O)C1. The van der Waals surface area contributed by atoms with E-state index in [9.17, 15) is 18.0 Å². The number of rotatable bonds is 5. The van der Waals surface area contributed by atoms with E-state index in [1.54, 1.807) is 31.2 Å². The summed E-state index contributed by atoms with van der Waals surface area (Å²) in [6, 6.07) is 8.01. The number of likely N-dealkylation sites (N-methyl/N-ethyl adjacent to an activating group) is 1. The topological polar surface area (TPSA) is 93.6 Å². The Bertz CT molecular complexity index is 992. The number of fused-ring (bicyclic) bond motifs is 1. The van der Waals surface area contributed by atoms with Gasteiger partial charge in [-0.3, -0.25) is 4.79 Å². The second-order valence-corrected chi connectivity index (χ2v) is 8.94. The van der Waals surface area contributed by atoms with E-state index in [0.29, 0.717) is 23.9 Å². The molecule has 1 saturated heterocycles. The van der Waals surface area contributed by atoms with Crippen molar-refractivity contribution in [3.8, 4) is 0 Å². The molecule has 1 atom stereocenters. The summed E-state index contributed by atoms with van der Waals surface area (Å²) in [4.78, 5) is 30.5. The number of benzene rings is 1. The number of ether oxygens (including phenoxy) is 1. The number of para-hydroxylation sites is 1. The molecule has 0 saturated carbocycles. The highest BCUT2D eigenvalue weighted by Crippen LogP contribution is 2.22. The van der Waals surface area contributed by atoms with Gasteiger partial charge in [-0.2, -0.15) is 0 Å². The normalized spacial score (nSPS) is 18.4. The number of halogens is 1. The van der Waals surface area contributed by atoms with E-state index in [1.165, 1.54) is 11.0 Å². The second kappa shape index (κ2) is 7.82. The average molecular weight is 411 g/mol. The molecule has 2 heterocycles. The van der Waals surface area contributed by atoms with Gasteiger partial charge in [-0.15, -0.1) is 0 Å². The van der Waals surface area contributed by atoms with Crippen LogP contribution in [0.2, 0.25) is 5.15 Å². The Morgan fingerprint density at radius 1 is 1.33 bits per heavy atom. The average Bonchev–Trinajstić information content (AvgIpc) is 2.99. The Morgan fingerprint density at radius 3 is 2.74 bits per heavy atom. The van der Waals surface area contributed by atoms with Crippen LogP contribution in [0.25, 0.3) is 10.9 Å². The monoisotopic (exact) mass is 410 g/mol. The fraction of sp³-hybridized carbons (Fsp3) is 0.389. The van der Waals surface area contributed by atoms with E-state index < -0.39 is 28.3 Å². The summed E-state index contributed by atoms with van der Waals surface area (Å²) in [5.41, 5.74) is 0.777. The maximum atomic E-state index is 12.5. The second-order valence-electron chi connectivity index (χ2n) is 6.32. The third-order valence-corrected chi connectivity index (χ3v) is 6.49. The first-order valence-electron chi connectivity index (χ1n) is 8.53. The summed E-state index contributed by atoms with van der Waals surface area (Å²) in [7, 11) is -3.11. The zero-order valence-electron chi connectivity index (χ0n) is 14.7. The van der Waals surface area contributed by atoms with E-state index in [1.807, 2.05) is 0 Å². The van der Waals surface area contributed by atoms with Crippen LogP contribution in [-0.4, -0.2) is 60.9 Å².